The number of aromatic nitrogens is 2. The van der Waals surface area contributed by atoms with Crippen LogP contribution < -0.4 is 14.8 Å². The molecule has 0 radical (unpaired) electrons. The third-order valence-corrected chi connectivity index (χ3v) is 5.05. The fourth-order valence-electron chi connectivity index (χ4n) is 3.37. The van der Waals surface area contributed by atoms with E-state index in [1.807, 2.05) is 41.4 Å². The molecular weight excluding hydrogens is 517 g/mol. The van der Waals surface area contributed by atoms with Crippen LogP contribution in [-0.2, 0) is 13.0 Å². The van der Waals surface area contributed by atoms with E-state index in [0.717, 1.165) is 48.2 Å². The van der Waals surface area contributed by atoms with E-state index in [0.29, 0.717) is 6.54 Å². The van der Waals surface area contributed by atoms with E-state index in [-0.39, 0.29) is 24.0 Å². The molecule has 0 aliphatic heterocycles. The van der Waals surface area contributed by atoms with Gasteiger partial charge in [-0.2, -0.15) is 0 Å². The smallest absolute Gasteiger partial charge is 0.193 e. The molecule has 172 valence electrons. The van der Waals surface area contributed by atoms with Crippen LogP contribution in [0.4, 0.5) is 0 Å². The molecule has 0 amide bonds. The first-order valence-electron chi connectivity index (χ1n) is 10.4. The SMILES string of the molecule is CCNC(=NCc1ccccc1-n1ccnc1)N(C)CCc1ccc(OC)c(OC)c1.I. The highest BCUT2D eigenvalue weighted by Crippen LogP contribution is 2.27. The lowest BCUT2D eigenvalue weighted by Crippen LogP contribution is -2.40. The van der Waals surface area contributed by atoms with Gasteiger partial charge in [0, 0.05) is 32.5 Å². The van der Waals surface area contributed by atoms with Crippen molar-refractivity contribution < 1.29 is 9.47 Å². The Bertz CT molecular complexity index is 992. The van der Waals surface area contributed by atoms with Gasteiger partial charge in [-0.05, 0) is 42.7 Å². The Hall–Kier alpha value is -2.75. The summed E-state index contributed by atoms with van der Waals surface area (Å²) in [5.41, 5.74) is 3.42. The van der Waals surface area contributed by atoms with Crippen LogP contribution in [-0.4, -0.2) is 54.8 Å². The molecule has 7 nitrogen and oxygen atoms in total. The summed E-state index contributed by atoms with van der Waals surface area (Å²) < 4.78 is 12.8. The van der Waals surface area contributed by atoms with Crippen molar-refractivity contribution >= 4 is 29.9 Å². The molecule has 0 spiro atoms. The van der Waals surface area contributed by atoms with Gasteiger partial charge in [0.2, 0.25) is 0 Å². The van der Waals surface area contributed by atoms with Crippen LogP contribution in [0.3, 0.4) is 0 Å². The van der Waals surface area contributed by atoms with E-state index in [4.69, 9.17) is 14.5 Å². The number of hydrogen-bond donors (Lipinski definition) is 1. The number of methoxy groups -OCH3 is 2. The number of imidazole rings is 1. The van der Waals surface area contributed by atoms with Crippen LogP contribution >= 0.6 is 24.0 Å². The van der Waals surface area contributed by atoms with Crippen molar-refractivity contribution in [2.45, 2.75) is 19.9 Å². The molecule has 2 aromatic carbocycles. The van der Waals surface area contributed by atoms with Crippen LogP contribution in [0, 0.1) is 0 Å². The summed E-state index contributed by atoms with van der Waals surface area (Å²) in [5.74, 6) is 2.37. The predicted molar refractivity (Wildman–Crippen MR) is 140 cm³/mol. The van der Waals surface area contributed by atoms with Gasteiger partial charge in [-0.1, -0.05) is 24.3 Å². The summed E-state index contributed by atoms with van der Waals surface area (Å²) in [4.78, 5) is 11.2. The summed E-state index contributed by atoms with van der Waals surface area (Å²) in [6, 6.07) is 14.3. The summed E-state index contributed by atoms with van der Waals surface area (Å²) in [6.07, 6.45) is 6.41. The second-order valence-electron chi connectivity index (χ2n) is 7.13. The minimum absolute atomic E-state index is 0. The Morgan fingerprint density at radius 1 is 1.12 bits per heavy atom. The minimum atomic E-state index is 0. The maximum Gasteiger partial charge on any atom is 0.193 e. The number of benzene rings is 2. The van der Waals surface area contributed by atoms with E-state index < -0.39 is 0 Å². The van der Waals surface area contributed by atoms with Crippen molar-refractivity contribution in [2.24, 2.45) is 4.99 Å². The number of nitrogens with one attached hydrogen (secondary N) is 1. The maximum absolute atomic E-state index is 5.42. The molecular formula is C24H32IN5O2. The Kier molecular flexibility index (Phi) is 10.3. The molecule has 0 atom stereocenters. The molecule has 0 fully saturated rings. The number of likely N-dealkylation sites (N-methyl/N-ethyl adjacent to an activating group) is 1. The highest BCUT2D eigenvalue weighted by molar-refractivity contribution is 14.0. The molecule has 0 saturated heterocycles. The zero-order valence-corrected chi connectivity index (χ0v) is 21.4. The van der Waals surface area contributed by atoms with Crippen molar-refractivity contribution in [2.75, 3.05) is 34.4 Å². The molecule has 1 heterocycles. The molecule has 0 saturated carbocycles. The summed E-state index contributed by atoms with van der Waals surface area (Å²) in [7, 11) is 5.37. The Morgan fingerprint density at radius 3 is 2.59 bits per heavy atom. The zero-order chi connectivity index (χ0) is 22.1. The lowest BCUT2D eigenvalue weighted by molar-refractivity contribution is 0.354. The Morgan fingerprint density at radius 2 is 1.91 bits per heavy atom. The lowest BCUT2D eigenvalue weighted by atomic mass is 10.1. The third-order valence-electron chi connectivity index (χ3n) is 5.05. The summed E-state index contributed by atoms with van der Waals surface area (Å²) in [6.45, 7) is 4.29. The van der Waals surface area contributed by atoms with Crippen LogP contribution in [0.2, 0.25) is 0 Å². The fourth-order valence-corrected chi connectivity index (χ4v) is 3.37. The van der Waals surface area contributed by atoms with Crippen molar-refractivity contribution in [1.29, 1.82) is 0 Å². The summed E-state index contributed by atoms with van der Waals surface area (Å²) in [5, 5.41) is 3.40. The van der Waals surface area contributed by atoms with Crippen molar-refractivity contribution in [1.82, 2.24) is 19.8 Å². The average Bonchev–Trinajstić information content (AvgIpc) is 3.35. The van der Waals surface area contributed by atoms with E-state index in [2.05, 4.69) is 47.4 Å². The van der Waals surface area contributed by atoms with Gasteiger partial charge in [-0.3, -0.25) is 0 Å². The molecule has 8 heteroatoms. The molecule has 32 heavy (non-hydrogen) atoms. The van der Waals surface area contributed by atoms with Crippen molar-refractivity contribution in [3.8, 4) is 17.2 Å². The number of rotatable bonds is 9. The standard InChI is InChI=1S/C24H31N5O2.HI/c1-5-26-24(27-17-20-8-6-7-9-21(20)29-15-13-25-18-29)28(2)14-12-19-10-11-22(30-3)23(16-19)31-4;/h6-11,13,15-16,18H,5,12,14,17H2,1-4H3,(H,26,27);1H. The number of halogens is 1. The molecule has 0 unspecified atom stereocenters. The van der Waals surface area contributed by atoms with Gasteiger partial charge in [-0.15, -0.1) is 24.0 Å². The molecule has 0 aliphatic rings. The fraction of sp³-hybridized carbons (Fsp3) is 0.333. The van der Waals surface area contributed by atoms with Crippen LogP contribution in [0.5, 0.6) is 11.5 Å². The van der Waals surface area contributed by atoms with E-state index in [1.54, 1.807) is 20.4 Å². The number of aliphatic imine (C=N–C) groups is 1. The largest absolute Gasteiger partial charge is 0.493 e. The number of hydrogen-bond acceptors (Lipinski definition) is 4. The molecule has 1 aromatic heterocycles. The normalized spacial score (nSPS) is 10.9. The van der Waals surface area contributed by atoms with Crippen LogP contribution in [0.1, 0.15) is 18.1 Å². The van der Waals surface area contributed by atoms with Crippen molar-refractivity contribution in [3.63, 3.8) is 0 Å². The lowest BCUT2D eigenvalue weighted by Gasteiger charge is -2.22. The van der Waals surface area contributed by atoms with Crippen LogP contribution in [0.25, 0.3) is 5.69 Å². The second kappa shape index (κ2) is 12.9. The first kappa shape index (κ1) is 25.5. The quantitative estimate of drug-likeness (QED) is 0.247. The first-order valence-corrected chi connectivity index (χ1v) is 10.4. The molecule has 0 aliphatic carbocycles. The number of para-hydroxylation sites is 1. The van der Waals surface area contributed by atoms with E-state index in [9.17, 15) is 0 Å². The number of guanidine groups is 1. The van der Waals surface area contributed by atoms with Gasteiger partial charge in [0.15, 0.2) is 17.5 Å². The van der Waals surface area contributed by atoms with E-state index >= 15 is 0 Å². The average molecular weight is 549 g/mol. The minimum Gasteiger partial charge on any atom is -0.493 e. The first-order chi connectivity index (χ1) is 15.2. The second-order valence-corrected chi connectivity index (χ2v) is 7.13. The Balaban J connectivity index is 0.00000363. The number of ether oxygens (including phenoxy) is 2. The van der Waals surface area contributed by atoms with E-state index in [1.165, 1.54) is 5.56 Å². The monoisotopic (exact) mass is 549 g/mol. The van der Waals surface area contributed by atoms with Gasteiger partial charge < -0.3 is 24.3 Å². The predicted octanol–water partition coefficient (Wildman–Crippen LogP) is 4.15. The number of nitrogens with zero attached hydrogens (tertiary/aromatic N) is 4. The van der Waals surface area contributed by atoms with Gasteiger partial charge in [0.05, 0.1) is 32.8 Å². The third kappa shape index (κ3) is 6.62. The van der Waals surface area contributed by atoms with Gasteiger partial charge in [-0.25, -0.2) is 9.98 Å². The topological polar surface area (TPSA) is 63.9 Å². The molecule has 3 rings (SSSR count). The summed E-state index contributed by atoms with van der Waals surface area (Å²) >= 11 is 0. The van der Waals surface area contributed by atoms with Gasteiger partial charge in [0.1, 0.15) is 0 Å². The maximum atomic E-state index is 5.42. The van der Waals surface area contributed by atoms with Crippen LogP contribution in [0.15, 0.2) is 66.2 Å². The van der Waals surface area contributed by atoms with Gasteiger partial charge >= 0.3 is 0 Å². The molecule has 3 aromatic rings. The van der Waals surface area contributed by atoms with Gasteiger partial charge in [0.25, 0.3) is 0 Å². The zero-order valence-electron chi connectivity index (χ0n) is 19.1. The molecule has 1 N–H and O–H groups in total. The Labute approximate surface area is 207 Å². The van der Waals surface area contributed by atoms with Crippen molar-refractivity contribution in [3.05, 3.63) is 72.3 Å². The molecule has 0 bridgehead atoms. The highest BCUT2D eigenvalue weighted by atomic mass is 127. The highest BCUT2D eigenvalue weighted by Gasteiger charge is 2.10.